The molecule has 0 spiro atoms. The summed E-state index contributed by atoms with van der Waals surface area (Å²) in [7, 11) is 0. The fourth-order valence-electron chi connectivity index (χ4n) is 4.51. The number of benzene rings is 1. The molecule has 0 aliphatic carbocycles. The van der Waals surface area contributed by atoms with E-state index < -0.39 is 6.09 Å². The molecule has 1 aliphatic rings. The summed E-state index contributed by atoms with van der Waals surface area (Å²) in [6.07, 6.45) is -0.718. The molecule has 5 nitrogen and oxygen atoms in total. The van der Waals surface area contributed by atoms with Crippen LogP contribution in [0.2, 0.25) is 0 Å². The average Bonchev–Trinajstić information content (AvgIpc) is 2.39. The van der Waals surface area contributed by atoms with Crippen LogP contribution >= 0.6 is 0 Å². The van der Waals surface area contributed by atoms with Crippen LogP contribution in [0.4, 0.5) is 10.5 Å². The van der Waals surface area contributed by atoms with Gasteiger partial charge in [0, 0.05) is 12.2 Å². The minimum absolute atomic E-state index is 0.0324. The molecule has 1 fully saturated rings. The third-order valence-electron chi connectivity index (χ3n) is 5.25. The van der Waals surface area contributed by atoms with E-state index in [0.29, 0.717) is 0 Å². The van der Waals surface area contributed by atoms with E-state index in [9.17, 15) is 9.90 Å². The van der Waals surface area contributed by atoms with Crippen molar-refractivity contribution in [1.29, 1.82) is 0 Å². The molecule has 1 saturated heterocycles. The van der Waals surface area contributed by atoms with Crippen molar-refractivity contribution in [1.82, 2.24) is 4.90 Å². The zero-order valence-electron chi connectivity index (χ0n) is 14.9. The minimum Gasteiger partial charge on any atom is -0.435 e. The van der Waals surface area contributed by atoms with Crippen LogP contribution in [0.3, 0.4) is 0 Å². The first kappa shape index (κ1) is 17.8. The van der Waals surface area contributed by atoms with Crippen molar-refractivity contribution in [2.24, 2.45) is 0 Å². The van der Waals surface area contributed by atoms with Gasteiger partial charge in [-0.1, -0.05) is 12.1 Å². The summed E-state index contributed by atoms with van der Waals surface area (Å²) in [6.45, 7) is 12.6. The summed E-state index contributed by atoms with van der Waals surface area (Å²) in [4.78, 5) is 14.5. The van der Waals surface area contributed by atoms with Crippen LogP contribution in [0.15, 0.2) is 24.3 Å². The molecular weight excluding hydrogens is 290 g/mol. The lowest BCUT2D eigenvalue weighted by Crippen LogP contribution is -2.77. The summed E-state index contributed by atoms with van der Waals surface area (Å²) in [6, 6.07) is 7.98. The average molecular weight is 320 g/mol. The Morgan fingerprint density at radius 1 is 1.22 bits per heavy atom. The highest BCUT2D eigenvalue weighted by atomic mass is 16.4. The molecule has 128 valence electrons. The quantitative estimate of drug-likeness (QED) is 0.649. The molecule has 3 atom stereocenters. The molecule has 23 heavy (non-hydrogen) atoms. The van der Waals surface area contributed by atoms with Crippen LogP contribution in [-0.2, 0) is 6.54 Å². The van der Waals surface area contributed by atoms with E-state index >= 15 is 0 Å². The van der Waals surface area contributed by atoms with E-state index in [2.05, 4.69) is 18.7 Å². The Bertz CT molecular complexity index is 551. The number of anilines is 1. The Morgan fingerprint density at radius 3 is 2.09 bits per heavy atom. The topological polar surface area (TPSA) is 66.6 Å². The fraction of sp³-hybridized carbons (Fsp3) is 0.611. The monoisotopic (exact) mass is 320 g/mol. The number of amides is 1. The number of hydrogen-bond acceptors (Lipinski definition) is 3. The summed E-state index contributed by atoms with van der Waals surface area (Å²) in [5, 5.41) is 10.0. The molecule has 1 aliphatic heterocycles. The summed E-state index contributed by atoms with van der Waals surface area (Å²) >= 11 is 0. The number of piperazine rings is 1. The summed E-state index contributed by atoms with van der Waals surface area (Å²) in [5.41, 5.74) is 7.38. The predicted molar refractivity (Wildman–Crippen MR) is 93.1 cm³/mol. The van der Waals surface area contributed by atoms with Gasteiger partial charge in [0.25, 0.3) is 0 Å². The number of nitrogens with zero attached hydrogens (tertiary/aromatic N) is 2. The van der Waals surface area contributed by atoms with Gasteiger partial charge in [0.05, 0.1) is 13.1 Å². The van der Waals surface area contributed by atoms with Crippen molar-refractivity contribution in [3.8, 4) is 0 Å². The van der Waals surface area contributed by atoms with E-state index in [1.54, 1.807) is 0 Å². The van der Waals surface area contributed by atoms with Gasteiger partial charge in [0.2, 0.25) is 0 Å². The first-order chi connectivity index (χ1) is 10.6. The van der Waals surface area contributed by atoms with Gasteiger partial charge < -0.3 is 10.8 Å². The van der Waals surface area contributed by atoms with Crippen LogP contribution in [0.5, 0.6) is 0 Å². The number of nitrogens with two attached hydrogens (primary N) is 1. The summed E-state index contributed by atoms with van der Waals surface area (Å²) in [5.74, 6) is 0. The van der Waals surface area contributed by atoms with Crippen LogP contribution < -0.4 is 5.73 Å². The van der Waals surface area contributed by atoms with Crippen LogP contribution in [0.25, 0.3) is 0 Å². The Labute approximate surface area is 139 Å². The van der Waals surface area contributed by atoms with Crippen molar-refractivity contribution in [2.45, 2.75) is 58.8 Å². The molecule has 3 N–H and O–H groups in total. The number of carbonyl (C=O) groups is 1. The smallest absolute Gasteiger partial charge is 0.435 e. The molecular formula is C18H30N3O2+. The van der Waals surface area contributed by atoms with Gasteiger partial charge in [-0.05, 0) is 52.3 Å². The third kappa shape index (κ3) is 3.08. The van der Waals surface area contributed by atoms with Gasteiger partial charge in [-0.25, -0.2) is 4.48 Å². The number of hydrogen-bond donors (Lipinski definition) is 2. The second kappa shape index (κ2) is 6.13. The fourth-order valence-corrected chi connectivity index (χ4v) is 4.51. The number of rotatable bonds is 2. The molecule has 5 heteroatoms. The Morgan fingerprint density at radius 2 is 1.70 bits per heavy atom. The van der Waals surface area contributed by atoms with Crippen molar-refractivity contribution in [3.05, 3.63) is 29.8 Å². The second-order valence-corrected chi connectivity index (χ2v) is 7.86. The minimum atomic E-state index is -0.718. The van der Waals surface area contributed by atoms with E-state index in [1.807, 2.05) is 45.0 Å². The standard InChI is InChI=1S/C18H29N3O2/c1-13-10-20(12-15-6-8-16(19)9-7-15)11-14(2)21(13,17(22)23)18(3,4)5/h6-9,13-14H,10-12,19H2,1-5H3/p+1/t13-,14+,21?. The van der Waals surface area contributed by atoms with Crippen LogP contribution in [-0.4, -0.2) is 51.3 Å². The van der Waals surface area contributed by atoms with Crippen molar-refractivity contribution < 1.29 is 14.4 Å². The lowest BCUT2D eigenvalue weighted by molar-refractivity contribution is -0.949. The highest BCUT2D eigenvalue weighted by Gasteiger charge is 2.58. The maximum Gasteiger partial charge on any atom is 0.514 e. The van der Waals surface area contributed by atoms with Crippen molar-refractivity contribution in [3.63, 3.8) is 0 Å². The van der Waals surface area contributed by atoms with E-state index in [4.69, 9.17) is 5.73 Å². The molecule has 1 aromatic rings. The zero-order valence-corrected chi connectivity index (χ0v) is 14.9. The van der Waals surface area contributed by atoms with E-state index in [-0.39, 0.29) is 22.1 Å². The Kier molecular flexibility index (Phi) is 4.74. The van der Waals surface area contributed by atoms with Gasteiger partial charge in [-0.3, -0.25) is 4.90 Å². The molecule has 0 bridgehead atoms. The van der Waals surface area contributed by atoms with Crippen LogP contribution in [0, 0.1) is 0 Å². The number of quaternary nitrogens is 1. The van der Waals surface area contributed by atoms with Gasteiger partial charge in [-0.2, -0.15) is 4.79 Å². The third-order valence-corrected chi connectivity index (χ3v) is 5.25. The summed E-state index contributed by atoms with van der Waals surface area (Å²) < 4.78 is 0.116. The predicted octanol–water partition coefficient (Wildman–Crippen LogP) is 3.15. The van der Waals surface area contributed by atoms with Crippen LogP contribution in [0.1, 0.15) is 40.2 Å². The molecule has 1 unspecified atom stereocenters. The first-order valence-electron chi connectivity index (χ1n) is 8.27. The molecule has 1 aromatic carbocycles. The van der Waals surface area contributed by atoms with Gasteiger partial charge in [-0.15, -0.1) is 0 Å². The second-order valence-electron chi connectivity index (χ2n) is 7.86. The van der Waals surface area contributed by atoms with Gasteiger partial charge in [0.1, 0.15) is 17.6 Å². The maximum absolute atomic E-state index is 12.2. The normalized spacial score (nSPS) is 29.4. The lowest BCUT2D eigenvalue weighted by atomic mass is 9.91. The lowest BCUT2D eigenvalue weighted by Gasteiger charge is -2.55. The molecule has 1 heterocycles. The highest BCUT2D eigenvalue weighted by Crippen LogP contribution is 2.36. The van der Waals surface area contributed by atoms with Gasteiger partial charge in [0.15, 0.2) is 0 Å². The first-order valence-corrected chi connectivity index (χ1v) is 8.27. The maximum atomic E-state index is 12.2. The Hall–Kier alpha value is -1.59. The number of nitrogen functional groups attached to an aromatic ring is 1. The molecule has 0 aromatic heterocycles. The zero-order chi connectivity index (χ0) is 17.4. The molecule has 2 rings (SSSR count). The molecule has 1 amide bonds. The van der Waals surface area contributed by atoms with Crippen molar-refractivity contribution in [2.75, 3.05) is 18.8 Å². The highest BCUT2D eigenvalue weighted by molar-refractivity contribution is 5.58. The SMILES string of the molecule is C[C@@H]1CN(Cc2ccc(N)cc2)C[C@H](C)[N+]1(C(=O)O)C(C)(C)C. The molecule has 0 saturated carbocycles. The van der Waals surface area contributed by atoms with Crippen molar-refractivity contribution >= 4 is 11.8 Å². The van der Waals surface area contributed by atoms with E-state index in [1.165, 1.54) is 5.56 Å². The number of carboxylic acid groups (broad SMARTS) is 1. The molecule has 0 radical (unpaired) electrons. The Balaban J connectivity index is 2.21. The largest absolute Gasteiger partial charge is 0.514 e. The van der Waals surface area contributed by atoms with E-state index in [0.717, 1.165) is 25.3 Å². The van der Waals surface area contributed by atoms with Gasteiger partial charge >= 0.3 is 6.09 Å².